The monoisotopic (exact) mass is 425 g/mol. The van der Waals surface area contributed by atoms with E-state index in [1.54, 1.807) is 24.3 Å². The molecule has 1 fully saturated rings. The fraction of sp³-hybridized carbons (Fsp3) is 0.333. The van der Waals surface area contributed by atoms with Gasteiger partial charge in [0.25, 0.3) is 0 Å². The lowest BCUT2D eigenvalue weighted by molar-refractivity contribution is -0.121. The largest absolute Gasteiger partial charge is 0.455 e. The zero-order chi connectivity index (χ0) is 20.3. The van der Waals surface area contributed by atoms with E-state index < -0.39 is 21.8 Å². The quantitative estimate of drug-likeness (QED) is 0.712. The van der Waals surface area contributed by atoms with Crippen LogP contribution in [0.1, 0.15) is 34.7 Å². The van der Waals surface area contributed by atoms with E-state index in [4.69, 9.17) is 16.0 Å². The van der Waals surface area contributed by atoms with Crippen molar-refractivity contribution in [2.75, 3.05) is 13.1 Å². The Balaban J connectivity index is 1.62. The average molecular weight is 426 g/mol. The zero-order valence-corrected chi connectivity index (χ0v) is 16.8. The molecular weight excluding hydrogens is 406 g/mol. The van der Waals surface area contributed by atoms with Gasteiger partial charge in [-0.2, -0.15) is 4.31 Å². The topological polar surface area (TPSA) is 109 Å². The van der Waals surface area contributed by atoms with Crippen LogP contribution < -0.4 is 10.9 Å². The van der Waals surface area contributed by atoms with Crippen LogP contribution in [-0.4, -0.2) is 37.6 Å². The highest BCUT2D eigenvalue weighted by atomic mass is 35.5. The van der Waals surface area contributed by atoms with Crippen molar-refractivity contribution in [3.63, 3.8) is 0 Å². The first-order chi connectivity index (χ1) is 13.3. The smallest absolute Gasteiger partial charge is 0.305 e. The van der Waals surface area contributed by atoms with E-state index in [9.17, 15) is 18.0 Å². The molecule has 0 unspecified atom stereocenters. The van der Waals surface area contributed by atoms with Gasteiger partial charge in [0.1, 0.15) is 10.7 Å². The maximum atomic E-state index is 12.6. The van der Waals surface area contributed by atoms with Crippen LogP contribution in [0.5, 0.6) is 0 Å². The SMILES string of the molecule is Cc1oc(C(=O)NNC(=O)Cc2ccc(Cl)cc2)cc1S(=O)(=O)N1CCCC1. The standard InChI is InChI=1S/C18H20ClN3O5S/c1-12-16(28(25,26)22-8-2-3-9-22)11-15(27-12)18(24)21-20-17(23)10-13-4-6-14(19)7-5-13/h4-7,11H,2-3,8-10H2,1H3,(H,20,23)(H,21,24). The van der Waals surface area contributed by atoms with Crippen LogP contribution in [0.25, 0.3) is 0 Å². The molecule has 0 spiro atoms. The van der Waals surface area contributed by atoms with Crippen LogP contribution in [0.2, 0.25) is 5.02 Å². The van der Waals surface area contributed by atoms with Gasteiger partial charge in [-0.25, -0.2) is 8.42 Å². The van der Waals surface area contributed by atoms with E-state index in [0.717, 1.165) is 18.4 Å². The number of carbonyl (C=O) groups excluding carboxylic acids is 2. The Labute approximate surface area is 167 Å². The average Bonchev–Trinajstić information content (AvgIpc) is 3.32. The molecular formula is C18H20ClN3O5S. The minimum Gasteiger partial charge on any atom is -0.455 e. The van der Waals surface area contributed by atoms with Gasteiger partial charge in [-0.3, -0.25) is 20.4 Å². The number of benzene rings is 1. The maximum Gasteiger partial charge on any atom is 0.305 e. The Morgan fingerprint density at radius 2 is 1.79 bits per heavy atom. The first kappa shape index (κ1) is 20.4. The summed E-state index contributed by atoms with van der Waals surface area (Å²) in [5.41, 5.74) is 5.23. The molecule has 8 nitrogen and oxygen atoms in total. The number of aryl methyl sites for hydroxylation is 1. The molecule has 0 atom stereocenters. The molecule has 3 rings (SSSR count). The van der Waals surface area contributed by atoms with Crippen LogP contribution in [0.15, 0.2) is 39.6 Å². The number of carbonyl (C=O) groups is 2. The van der Waals surface area contributed by atoms with Gasteiger partial charge in [-0.15, -0.1) is 0 Å². The van der Waals surface area contributed by atoms with Crippen molar-refractivity contribution in [2.24, 2.45) is 0 Å². The second kappa shape index (κ2) is 8.34. The normalized spacial score (nSPS) is 14.8. The lowest BCUT2D eigenvalue weighted by Gasteiger charge is -2.14. The summed E-state index contributed by atoms with van der Waals surface area (Å²) in [4.78, 5) is 24.1. The van der Waals surface area contributed by atoms with Gasteiger partial charge < -0.3 is 4.42 Å². The van der Waals surface area contributed by atoms with Crippen LogP contribution in [0, 0.1) is 6.92 Å². The Bertz CT molecular complexity index is 979. The highest BCUT2D eigenvalue weighted by Gasteiger charge is 2.31. The highest BCUT2D eigenvalue weighted by molar-refractivity contribution is 7.89. The first-order valence-corrected chi connectivity index (χ1v) is 10.5. The molecule has 0 bridgehead atoms. The molecule has 2 amide bonds. The van der Waals surface area contributed by atoms with Gasteiger partial charge in [0.15, 0.2) is 5.76 Å². The number of nitrogens with one attached hydrogen (secondary N) is 2. The number of sulfonamides is 1. The third-order valence-electron chi connectivity index (χ3n) is 4.37. The van der Waals surface area contributed by atoms with E-state index in [2.05, 4.69) is 10.9 Å². The lowest BCUT2D eigenvalue weighted by Crippen LogP contribution is -2.42. The second-order valence-corrected chi connectivity index (χ2v) is 8.79. The molecule has 0 saturated carbocycles. The Kier molecular flexibility index (Phi) is 6.07. The molecule has 2 aromatic rings. The minimum absolute atomic E-state index is 0.0351. The summed E-state index contributed by atoms with van der Waals surface area (Å²) in [7, 11) is -3.70. The maximum absolute atomic E-state index is 12.6. The van der Waals surface area contributed by atoms with Crippen LogP contribution in [0.4, 0.5) is 0 Å². The molecule has 0 aliphatic carbocycles. The molecule has 2 N–H and O–H groups in total. The fourth-order valence-corrected chi connectivity index (χ4v) is 4.72. The number of hydrogen-bond acceptors (Lipinski definition) is 5. The molecule has 1 aliphatic rings. The van der Waals surface area contributed by atoms with Gasteiger partial charge in [-0.1, -0.05) is 23.7 Å². The highest BCUT2D eigenvalue weighted by Crippen LogP contribution is 2.26. The second-order valence-electron chi connectivity index (χ2n) is 6.45. The summed E-state index contributed by atoms with van der Waals surface area (Å²) < 4.78 is 32.0. The van der Waals surface area contributed by atoms with E-state index in [-0.39, 0.29) is 22.8 Å². The predicted octanol–water partition coefficient (Wildman–Crippen LogP) is 2.03. The number of hydrazine groups is 1. The van der Waals surface area contributed by atoms with Crippen molar-refractivity contribution in [3.05, 3.63) is 52.4 Å². The molecule has 1 aromatic carbocycles. The van der Waals surface area contributed by atoms with Gasteiger partial charge in [0, 0.05) is 24.2 Å². The van der Waals surface area contributed by atoms with Crippen LogP contribution >= 0.6 is 11.6 Å². The number of halogens is 1. The van der Waals surface area contributed by atoms with Crippen molar-refractivity contribution in [1.82, 2.24) is 15.2 Å². The molecule has 1 aromatic heterocycles. The molecule has 2 heterocycles. The molecule has 150 valence electrons. The number of amides is 2. The van der Waals surface area contributed by atoms with E-state index in [0.29, 0.717) is 18.1 Å². The summed E-state index contributed by atoms with van der Waals surface area (Å²) >= 11 is 5.79. The molecule has 0 radical (unpaired) electrons. The van der Waals surface area contributed by atoms with Crippen LogP contribution in [0.3, 0.4) is 0 Å². The summed E-state index contributed by atoms with van der Waals surface area (Å²) in [5, 5.41) is 0.560. The summed E-state index contributed by atoms with van der Waals surface area (Å²) in [6.45, 7) is 2.39. The molecule has 10 heteroatoms. The molecule has 1 aliphatic heterocycles. The third-order valence-corrected chi connectivity index (χ3v) is 6.63. The van der Waals surface area contributed by atoms with E-state index in [1.165, 1.54) is 17.3 Å². The van der Waals surface area contributed by atoms with Crippen molar-refractivity contribution in [1.29, 1.82) is 0 Å². The summed E-state index contributed by atoms with van der Waals surface area (Å²) in [6, 6.07) is 7.92. The third kappa shape index (κ3) is 4.54. The fourth-order valence-electron chi connectivity index (χ4n) is 2.92. The summed E-state index contributed by atoms with van der Waals surface area (Å²) in [5.74, 6) is -1.24. The van der Waals surface area contributed by atoms with Crippen LogP contribution in [-0.2, 0) is 21.2 Å². The van der Waals surface area contributed by atoms with Crippen molar-refractivity contribution < 1.29 is 22.4 Å². The van der Waals surface area contributed by atoms with Crippen molar-refractivity contribution in [2.45, 2.75) is 31.1 Å². The Hall–Kier alpha value is -2.36. The number of furan rings is 1. The van der Waals surface area contributed by atoms with E-state index >= 15 is 0 Å². The number of rotatable bonds is 5. The molecule has 28 heavy (non-hydrogen) atoms. The lowest BCUT2D eigenvalue weighted by atomic mass is 10.1. The van der Waals surface area contributed by atoms with E-state index in [1.807, 2.05) is 0 Å². The Morgan fingerprint density at radius 3 is 2.43 bits per heavy atom. The van der Waals surface area contributed by atoms with Gasteiger partial charge in [-0.05, 0) is 37.5 Å². The first-order valence-electron chi connectivity index (χ1n) is 8.71. The number of hydrogen-bond donors (Lipinski definition) is 2. The van der Waals surface area contributed by atoms with Gasteiger partial charge >= 0.3 is 5.91 Å². The predicted molar refractivity (Wildman–Crippen MR) is 102 cm³/mol. The minimum atomic E-state index is -3.70. The van der Waals surface area contributed by atoms with Gasteiger partial charge in [0.05, 0.1) is 6.42 Å². The summed E-state index contributed by atoms with van der Waals surface area (Å²) in [6.07, 6.45) is 1.66. The van der Waals surface area contributed by atoms with Gasteiger partial charge in [0.2, 0.25) is 15.9 Å². The molecule has 1 saturated heterocycles. The Morgan fingerprint density at radius 1 is 1.14 bits per heavy atom. The van der Waals surface area contributed by atoms with Crippen molar-refractivity contribution >= 4 is 33.4 Å². The number of nitrogens with zero attached hydrogens (tertiary/aromatic N) is 1. The van der Waals surface area contributed by atoms with Crippen molar-refractivity contribution in [3.8, 4) is 0 Å². The zero-order valence-electron chi connectivity index (χ0n) is 15.2.